The third kappa shape index (κ3) is 5.24. The number of esters is 1. The lowest BCUT2D eigenvalue weighted by Gasteiger charge is -2.09. The summed E-state index contributed by atoms with van der Waals surface area (Å²) in [6.45, 7) is 0.444. The van der Waals surface area contributed by atoms with Crippen LogP contribution >= 0.6 is 22.6 Å². The molecular weight excluding hydrogens is 409 g/mol. The second kappa shape index (κ2) is 8.52. The minimum atomic E-state index is -0.605. The second-order valence-corrected chi connectivity index (χ2v) is 5.93. The van der Waals surface area contributed by atoms with Crippen LogP contribution in [0.15, 0.2) is 48.5 Å². The molecule has 0 aliphatic rings. The van der Waals surface area contributed by atoms with E-state index in [1.165, 1.54) is 7.11 Å². The molecule has 23 heavy (non-hydrogen) atoms. The average Bonchev–Trinajstić information content (AvgIpc) is 2.56. The van der Waals surface area contributed by atoms with E-state index in [0.717, 1.165) is 9.13 Å². The molecule has 2 aromatic carbocycles. The zero-order valence-electron chi connectivity index (χ0n) is 12.5. The number of methoxy groups -OCH3 is 1. The fourth-order valence-electron chi connectivity index (χ4n) is 1.93. The number of nitrogens with one attached hydrogen (secondary N) is 1. The van der Waals surface area contributed by atoms with E-state index in [4.69, 9.17) is 4.74 Å². The van der Waals surface area contributed by atoms with Gasteiger partial charge in [-0.3, -0.25) is 0 Å². The highest BCUT2D eigenvalue weighted by molar-refractivity contribution is 14.1. The molecule has 0 atom stereocenters. The Morgan fingerprint density at radius 1 is 1.09 bits per heavy atom. The molecule has 0 unspecified atom stereocenters. The molecule has 0 radical (unpaired) electrons. The lowest BCUT2D eigenvalue weighted by atomic mass is 10.1. The van der Waals surface area contributed by atoms with Crippen LogP contribution in [0.5, 0.6) is 5.75 Å². The van der Waals surface area contributed by atoms with Gasteiger partial charge in [-0.15, -0.1) is 0 Å². The molecule has 0 saturated carbocycles. The maximum absolute atomic E-state index is 11.8. The zero-order chi connectivity index (χ0) is 16.7. The number of hydrogen-bond donors (Lipinski definition) is 1. The van der Waals surface area contributed by atoms with Gasteiger partial charge in [0.2, 0.25) is 0 Å². The molecule has 0 aliphatic heterocycles. The number of carbonyl (C=O) groups excluding carboxylic acids is 2. The van der Waals surface area contributed by atoms with Gasteiger partial charge in [-0.25, -0.2) is 9.59 Å². The summed E-state index contributed by atoms with van der Waals surface area (Å²) in [5, 5.41) is 2.66. The maximum Gasteiger partial charge on any atom is 0.412 e. The van der Waals surface area contributed by atoms with Gasteiger partial charge in [0.05, 0.1) is 7.11 Å². The molecule has 1 amide bonds. The lowest BCUT2D eigenvalue weighted by molar-refractivity contribution is 0.0598. The van der Waals surface area contributed by atoms with Crippen molar-refractivity contribution >= 4 is 34.7 Å². The smallest absolute Gasteiger partial charge is 0.412 e. The highest BCUT2D eigenvalue weighted by Gasteiger charge is 2.14. The van der Waals surface area contributed by atoms with Gasteiger partial charge in [0, 0.05) is 10.1 Å². The molecule has 5 nitrogen and oxygen atoms in total. The van der Waals surface area contributed by atoms with Crippen molar-refractivity contribution in [2.24, 2.45) is 0 Å². The predicted molar refractivity (Wildman–Crippen MR) is 94.7 cm³/mol. The number of hydrogen-bond acceptors (Lipinski definition) is 4. The Morgan fingerprint density at radius 3 is 2.48 bits per heavy atom. The van der Waals surface area contributed by atoms with E-state index in [1.54, 1.807) is 24.3 Å². The molecule has 6 heteroatoms. The van der Waals surface area contributed by atoms with Crippen LogP contribution in [0.25, 0.3) is 0 Å². The SMILES string of the molecule is COC(=O)c1ccccc1OC(=O)NCCc1ccc(I)cc1. The zero-order valence-corrected chi connectivity index (χ0v) is 14.7. The van der Waals surface area contributed by atoms with Gasteiger partial charge < -0.3 is 14.8 Å². The molecule has 0 heterocycles. The molecule has 120 valence electrons. The van der Waals surface area contributed by atoms with E-state index >= 15 is 0 Å². The number of para-hydroxylation sites is 1. The van der Waals surface area contributed by atoms with E-state index in [-0.39, 0.29) is 11.3 Å². The van der Waals surface area contributed by atoms with Crippen molar-refractivity contribution < 1.29 is 19.1 Å². The van der Waals surface area contributed by atoms with Crippen molar-refractivity contribution in [3.05, 3.63) is 63.2 Å². The summed E-state index contributed by atoms with van der Waals surface area (Å²) in [4.78, 5) is 23.4. The van der Waals surface area contributed by atoms with Gasteiger partial charge in [0.15, 0.2) is 0 Å². The summed E-state index contributed by atoms with van der Waals surface area (Å²) >= 11 is 2.24. The van der Waals surface area contributed by atoms with Gasteiger partial charge in [0.25, 0.3) is 0 Å². The summed E-state index contributed by atoms with van der Waals surface area (Å²) in [7, 11) is 1.28. The van der Waals surface area contributed by atoms with E-state index in [0.29, 0.717) is 13.0 Å². The fraction of sp³-hybridized carbons (Fsp3) is 0.176. The highest BCUT2D eigenvalue weighted by atomic mass is 127. The molecule has 2 rings (SSSR count). The highest BCUT2D eigenvalue weighted by Crippen LogP contribution is 2.18. The fourth-order valence-corrected chi connectivity index (χ4v) is 2.29. The Balaban J connectivity index is 1.88. The number of amides is 1. The van der Waals surface area contributed by atoms with Gasteiger partial charge in [0.1, 0.15) is 11.3 Å². The monoisotopic (exact) mass is 425 g/mol. The van der Waals surface area contributed by atoms with Crippen LogP contribution in [-0.2, 0) is 11.2 Å². The van der Waals surface area contributed by atoms with Crippen LogP contribution in [0.4, 0.5) is 4.79 Å². The number of carbonyl (C=O) groups is 2. The summed E-state index contributed by atoms with van der Waals surface area (Å²) in [5.74, 6) is -0.376. The van der Waals surface area contributed by atoms with Gasteiger partial charge >= 0.3 is 12.1 Å². The largest absolute Gasteiger partial charge is 0.465 e. The Hall–Kier alpha value is -2.09. The summed E-state index contributed by atoms with van der Waals surface area (Å²) in [5.41, 5.74) is 1.34. The second-order valence-electron chi connectivity index (χ2n) is 4.68. The molecule has 0 fully saturated rings. The minimum absolute atomic E-state index is 0.172. The van der Waals surface area contributed by atoms with Gasteiger partial charge in [-0.05, 0) is 58.8 Å². The molecule has 0 aromatic heterocycles. The van der Waals surface area contributed by atoms with E-state index in [2.05, 4.69) is 32.6 Å². The van der Waals surface area contributed by atoms with Crippen molar-refractivity contribution in [2.45, 2.75) is 6.42 Å². The quantitative estimate of drug-likeness (QED) is 0.589. The molecule has 0 bridgehead atoms. The van der Waals surface area contributed by atoms with Crippen LogP contribution in [0.1, 0.15) is 15.9 Å². The molecule has 0 spiro atoms. The van der Waals surface area contributed by atoms with Crippen molar-refractivity contribution in [2.75, 3.05) is 13.7 Å². The standard InChI is InChI=1S/C17H16INO4/c1-22-16(20)14-4-2-3-5-15(14)23-17(21)19-11-10-12-6-8-13(18)9-7-12/h2-9H,10-11H2,1H3,(H,19,21). The number of rotatable bonds is 5. The Bertz CT molecular complexity index is 685. The van der Waals surface area contributed by atoms with Crippen molar-refractivity contribution in [1.82, 2.24) is 5.32 Å². The van der Waals surface area contributed by atoms with Crippen molar-refractivity contribution in [3.63, 3.8) is 0 Å². The van der Waals surface area contributed by atoms with Crippen molar-refractivity contribution in [1.29, 1.82) is 0 Å². The molecular formula is C17H16INO4. The van der Waals surface area contributed by atoms with Crippen molar-refractivity contribution in [3.8, 4) is 5.75 Å². The lowest BCUT2D eigenvalue weighted by Crippen LogP contribution is -2.29. The van der Waals surface area contributed by atoms with Crippen LogP contribution in [0, 0.1) is 3.57 Å². The first-order valence-electron chi connectivity index (χ1n) is 6.97. The number of benzene rings is 2. The van der Waals surface area contributed by atoms with Gasteiger partial charge in [-0.2, -0.15) is 0 Å². The number of halogens is 1. The molecule has 0 saturated heterocycles. The van der Waals surface area contributed by atoms with Crippen LogP contribution in [-0.4, -0.2) is 25.7 Å². The summed E-state index contributed by atoms with van der Waals surface area (Å²) in [6, 6.07) is 14.5. The number of ether oxygens (including phenoxy) is 2. The first kappa shape index (κ1) is 17.3. The molecule has 0 aliphatic carbocycles. The van der Waals surface area contributed by atoms with Crippen LogP contribution in [0.2, 0.25) is 0 Å². The van der Waals surface area contributed by atoms with E-state index < -0.39 is 12.1 Å². The minimum Gasteiger partial charge on any atom is -0.465 e. The Labute approximate surface area is 148 Å². The summed E-state index contributed by atoms with van der Waals surface area (Å²) < 4.78 is 11.0. The van der Waals surface area contributed by atoms with E-state index in [1.807, 2.05) is 24.3 Å². The first-order chi connectivity index (χ1) is 11.1. The Kier molecular flexibility index (Phi) is 6.40. The molecule has 1 N–H and O–H groups in total. The van der Waals surface area contributed by atoms with Crippen LogP contribution < -0.4 is 10.1 Å². The molecule has 2 aromatic rings. The van der Waals surface area contributed by atoms with Crippen LogP contribution in [0.3, 0.4) is 0 Å². The Morgan fingerprint density at radius 2 is 1.78 bits per heavy atom. The maximum atomic E-state index is 11.8. The predicted octanol–water partition coefficient (Wildman–Crippen LogP) is 3.41. The van der Waals surface area contributed by atoms with Gasteiger partial charge in [-0.1, -0.05) is 24.3 Å². The first-order valence-corrected chi connectivity index (χ1v) is 8.05. The van der Waals surface area contributed by atoms with E-state index in [9.17, 15) is 9.59 Å². The third-order valence-corrected chi connectivity index (χ3v) is 3.81. The topological polar surface area (TPSA) is 64.6 Å². The normalized spacial score (nSPS) is 10.0. The summed E-state index contributed by atoms with van der Waals surface area (Å²) in [6.07, 6.45) is 0.0943. The average molecular weight is 425 g/mol. The third-order valence-electron chi connectivity index (χ3n) is 3.09.